The molecular formula is C31H32FN3O7S2. The molecule has 0 amide bonds. The second-order valence-electron chi connectivity index (χ2n) is 11.2. The number of ether oxygens (including phenoxy) is 2. The van der Waals surface area contributed by atoms with Gasteiger partial charge in [-0.05, 0) is 80.8 Å². The highest BCUT2D eigenvalue weighted by atomic mass is 32.2. The number of rotatable bonds is 8. The van der Waals surface area contributed by atoms with E-state index in [0.717, 1.165) is 3.97 Å². The lowest BCUT2D eigenvalue weighted by atomic mass is 10.0. The number of aromatic nitrogens is 2. The molecule has 5 rings (SSSR count). The van der Waals surface area contributed by atoms with Gasteiger partial charge in [0, 0.05) is 30.2 Å². The Kier molecular flexibility index (Phi) is 8.40. The van der Waals surface area contributed by atoms with Crippen molar-refractivity contribution in [1.82, 2.24) is 13.3 Å². The number of carbonyl (C=O) groups excluding carboxylic acids is 1. The Hall–Kier alpha value is -4.07. The third-order valence-corrected chi connectivity index (χ3v) is 10.4. The predicted octanol–water partition coefficient (Wildman–Crippen LogP) is 4.85. The maximum atomic E-state index is 14.4. The molecule has 0 unspecified atom stereocenters. The fourth-order valence-corrected chi connectivity index (χ4v) is 7.84. The van der Waals surface area contributed by atoms with Crippen LogP contribution in [0.5, 0.6) is 5.75 Å². The van der Waals surface area contributed by atoms with Gasteiger partial charge in [0.15, 0.2) is 11.4 Å². The van der Waals surface area contributed by atoms with Gasteiger partial charge in [0.1, 0.15) is 17.2 Å². The summed E-state index contributed by atoms with van der Waals surface area (Å²) < 4.78 is 81.6. The molecule has 1 aliphatic rings. The van der Waals surface area contributed by atoms with E-state index in [0.29, 0.717) is 33.5 Å². The summed E-state index contributed by atoms with van der Waals surface area (Å²) >= 11 is 0. The molecule has 44 heavy (non-hydrogen) atoms. The highest BCUT2D eigenvalue weighted by Gasteiger charge is 2.32. The average molecular weight is 642 g/mol. The number of esters is 1. The zero-order chi connectivity index (χ0) is 31.9. The summed E-state index contributed by atoms with van der Waals surface area (Å²) in [6.45, 7) is 4.90. The second kappa shape index (κ2) is 11.8. The first-order chi connectivity index (χ1) is 20.7. The number of hydrogen-bond donors (Lipinski definition) is 0. The van der Waals surface area contributed by atoms with Gasteiger partial charge < -0.3 is 9.47 Å². The molecule has 0 fully saturated rings. The van der Waals surface area contributed by atoms with Crippen LogP contribution in [0.3, 0.4) is 0 Å². The molecule has 0 bridgehead atoms. The molecule has 1 aliphatic heterocycles. The minimum absolute atomic E-state index is 0.0158. The molecular weight excluding hydrogens is 609 g/mol. The minimum Gasteiger partial charge on any atom is -0.496 e. The predicted molar refractivity (Wildman–Crippen MR) is 165 cm³/mol. The van der Waals surface area contributed by atoms with Gasteiger partial charge in [-0.3, -0.25) is 4.79 Å². The molecule has 0 saturated carbocycles. The van der Waals surface area contributed by atoms with Crippen molar-refractivity contribution in [2.24, 2.45) is 0 Å². The summed E-state index contributed by atoms with van der Waals surface area (Å²) in [7, 11) is -6.72. The standard InChI is InChI=1S/C31H32FN3O7S2/c1-31(2,3)42-29(36)20-43(37,38)34-16-13-21(14-17-34)27-19-26-24(25-18-22(32)10-11-28(25)41-4)12-15-33-30(26)35(27)44(39,40)23-8-6-5-7-9-23/h5-13,15,18-19H,14,16-17,20H2,1-4H3. The first-order valence-corrected chi connectivity index (χ1v) is 16.8. The quantitative estimate of drug-likeness (QED) is 0.250. The van der Waals surface area contributed by atoms with Crippen LogP contribution in [-0.2, 0) is 29.6 Å². The second-order valence-corrected chi connectivity index (χ2v) is 15.0. The number of methoxy groups -OCH3 is 1. The third kappa shape index (κ3) is 6.26. The normalized spacial score (nSPS) is 14.8. The number of nitrogens with zero attached hydrogens (tertiary/aromatic N) is 3. The summed E-state index contributed by atoms with van der Waals surface area (Å²) in [5.74, 6) is -1.77. The maximum absolute atomic E-state index is 14.4. The van der Waals surface area contributed by atoms with Crippen molar-refractivity contribution in [3.8, 4) is 16.9 Å². The van der Waals surface area contributed by atoms with Gasteiger partial charge in [0.2, 0.25) is 10.0 Å². The smallest absolute Gasteiger partial charge is 0.323 e. The zero-order valence-electron chi connectivity index (χ0n) is 24.7. The fourth-order valence-electron chi connectivity index (χ4n) is 5.11. The van der Waals surface area contributed by atoms with Crippen LogP contribution in [0.1, 0.15) is 32.9 Å². The molecule has 0 aliphatic carbocycles. The Labute approximate surface area is 255 Å². The Bertz CT molecular complexity index is 1980. The summed E-state index contributed by atoms with van der Waals surface area (Å²) in [5.41, 5.74) is 1.08. The number of carbonyl (C=O) groups is 1. The molecule has 0 spiro atoms. The monoisotopic (exact) mass is 641 g/mol. The van der Waals surface area contributed by atoms with E-state index in [4.69, 9.17) is 9.47 Å². The van der Waals surface area contributed by atoms with Crippen molar-refractivity contribution >= 4 is 42.6 Å². The van der Waals surface area contributed by atoms with E-state index in [1.165, 1.54) is 47.9 Å². The number of halogens is 1. The van der Waals surface area contributed by atoms with Crippen LogP contribution in [0.2, 0.25) is 0 Å². The van der Waals surface area contributed by atoms with E-state index in [1.54, 1.807) is 57.2 Å². The van der Waals surface area contributed by atoms with Crippen LogP contribution in [0.15, 0.2) is 77.8 Å². The number of pyridine rings is 1. The Balaban J connectivity index is 1.62. The highest BCUT2D eigenvalue weighted by molar-refractivity contribution is 7.90. The molecule has 2 aromatic carbocycles. The Morgan fingerprint density at radius 2 is 1.73 bits per heavy atom. The van der Waals surface area contributed by atoms with Gasteiger partial charge in [-0.25, -0.2) is 30.2 Å². The lowest BCUT2D eigenvalue weighted by Gasteiger charge is -2.27. The SMILES string of the molecule is COc1ccc(F)cc1-c1ccnc2c1cc(C1=CCN(S(=O)(=O)CC(=O)OC(C)(C)C)CC1)n2S(=O)(=O)c1ccccc1. The van der Waals surface area contributed by atoms with Gasteiger partial charge >= 0.3 is 5.97 Å². The number of fused-ring (bicyclic) bond motifs is 1. The van der Waals surface area contributed by atoms with E-state index in [2.05, 4.69) is 4.98 Å². The van der Waals surface area contributed by atoms with E-state index in [1.807, 2.05) is 0 Å². The lowest BCUT2D eigenvalue weighted by molar-refractivity contribution is -0.151. The molecule has 0 saturated heterocycles. The van der Waals surface area contributed by atoms with Crippen LogP contribution < -0.4 is 4.74 Å². The van der Waals surface area contributed by atoms with Gasteiger partial charge in [-0.1, -0.05) is 24.3 Å². The molecule has 0 atom stereocenters. The van der Waals surface area contributed by atoms with Crippen LogP contribution >= 0.6 is 0 Å². The van der Waals surface area contributed by atoms with Crippen LogP contribution in [0.4, 0.5) is 4.39 Å². The highest BCUT2D eigenvalue weighted by Crippen LogP contribution is 2.39. The van der Waals surface area contributed by atoms with Crippen molar-refractivity contribution in [3.05, 3.63) is 84.4 Å². The van der Waals surface area contributed by atoms with Crippen LogP contribution in [0.25, 0.3) is 27.7 Å². The molecule has 2 aromatic heterocycles. The molecule has 10 nitrogen and oxygen atoms in total. The first kappa shape index (κ1) is 31.4. The fraction of sp³-hybridized carbons (Fsp3) is 0.290. The third-order valence-electron chi connectivity index (χ3n) is 7.01. The average Bonchev–Trinajstić information content (AvgIpc) is 3.37. The molecule has 4 aromatic rings. The number of benzene rings is 2. The van der Waals surface area contributed by atoms with E-state index < -0.39 is 43.2 Å². The van der Waals surface area contributed by atoms with Crippen molar-refractivity contribution < 1.29 is 35.5 Å². The van der Waals surface area contributed by atoms with Gasteiger partial charge in [-0.15, -0.1) is 0 Å². The molecule has 13 heteroatoms. The summed E-state index contributed by atoms with van der Waals surface area (Å²) in [6, 6.07) is 15.3. The Morgan fingerprint density at radius 3 is 2.36 bits per heavy atom. The van der Waals surface area contributed by atoms with Crippen molar-refractivity contribution in [2.45, 2.75) is 37.7 Å². The molecule has 0 N–H and O–H groups in total. The van der Waals surface area contributed by atoms with Crippen molar-refractivity contribution in [2.75, 3.05) is 26.0 Å². The zero-order valence-corrected chi connectivity index (χ0v) is 26.3. The largest absolute Gasteiger partial charge is 0.496 e. The van der Waals surface area contributed by atoms with Gasteiger partial charge in [0.05, 0.1) is 17.7 Å². The summed E-state index contributed by atoms with van der Waals surface area (Å²) in [4.78, 5) is 16.7. The lowest BCUT2D eigenvalue weighted by Crippen LogP contribution is -2.40. The Morgan fingerprint density at radius 1 is 1.00 bits per heavy atom. The molecule has 232 valence electrons. The van der Waals surface area contributed by atoms with Gasteiger partial charge in [0.25, 0.3) is 10.0 Å². The molecule has 3 heterocycles. The van der Waals surface area contributed by atoms with Crippen LogP contribution in [0, 0.1) is 5.82 Å². The van der Waals surface area contributed by atoms with Crippen molar-refractivity contribution in [3.63, 3.8) is 0 Å². The maximum Gasteiger partial charge on any atom is 0.323 e. The van der Waals surface area contributed by atoms with Crippen LogP contribution in [-0.4, -0.2) is 67.6 Å². The topological polar surface area (TPSA) is 125 Å². The van der Waals surface area contributed by atoms with Gasteiger partial charge in [-0.2, -0.15) is 4.31 Å². The van der Waals surface area contributed by atoms with E-state index in [9.17, 15) is 26.0 Å². The number of sulfonamides is 1. The first-order valence-electron chi connectivity index (χ1n) is 13.8. The summed E-state index contributed by atoms with van der Waals surface area (Å²) in [6.07, 6.45) is 3.24. The summed E-state index contributed by atoms with van der Waals surface area (Å²) in [5, 5.41) is 0.437. The number of hydrogen-bond acceptors (Lipinski definition) is 8. The van der Waals surface area contributed by atoms with Crippen molar-refractivity contribution in [1.29, 1.82) is 0 Å². The molecule has 0 radical (unpaired) electrons. The van der Waals surface area contributed by atoms with E-state index >= 15 is 0 Å². The minimum atomic E-state index is -4.19. The van der Waals surface area contributed by atoms with E-state index in [-0.39, 0.29) is 30.1 Å².